The summed E-state index contributed by atoms with van der Waals surface area (Å²) in [6, 6.07) is -0.624. The van der Waals surface area contributed by atoms with Crippen molar-refractivity contribution in [2.45, 2.75) is 64.8 Å². The molecule has 4 N–H and O–H groups in total. The first-order chi connectivity index (χ1) is 13.7. The van der Waals surface area contributed by atoms with Crippen molar-refractivity contribution >= 4 is 36.3 Å². The summed E-state index contributed by atoms with van der Waals surface area (Å²) in [6.07, 6.45) is 2.80. The third kappa shape index (κ3) is 11.5. The molecule has 7 nitrogen and oxygen atoms in total. The normalized spacial score (nSPS) is 16.7. The molecule has 0 fully saturated rings. The van der Waals surface area contributed by atoms with Crippen LogP contribution in [0.1, 0.15) is 40.5 Å². The van der Waals surface area contributed by atoms with E-state index < -0.39 is 18.1 Å². The number of rotatable bonds is 16. The van der Waals surface area contributed by atoms with Gasteiger partial charge in [0, 0.05) is 24.4 Å². The van der Waals surface area contributed by atoms with E-state index in [0.29, 0.717) is 31.2 Å². The minimum absolute atomic E-state index is 0.0358. The van der Waals surface area contributed by atoms with Gasteiger partial charge in [0.25, 0.3) is 0 Å². The Bertz CT molecular complexity index is 469. The molecule has 0 saturated heterocycles. The third-order valence-electron chi connectivity index (χ3n) is 4.94. The van der Waals surface area contributed by atoms with Gasteiger partial charge in [-0.2, -0.15) is 24.4 Å². The maximum Gasteiger partial charge on any atom is 0.328 e. The maximum absolute atomic E-state index is 12.8. The minimum atomic E-state index is -0.665. The number of carbonyl (C=O) groups excluding carboxylic acids is 2. The Labute approximate surface area is 186 Å². The topological polar surface area (TPSA) is 103 Å². The summed E-state index contributed by atoms with van der Waals surface area (Å²) >= 11 is 5.84. The van der Waals surface area contributed by atoms with E-state index in [-0.39, 0.29) is 23.9 Å². The van der Waals surface area contributed by atoms with Crippen molar-refractivity contribution in [3.8, 4) is 0 Å². The minimum Gasteiger partial charge on any atom is -0.467 e. The SMILES string of the molecule is CC[C@H](C)C(COC(C(=O)N[C@H](CCSC)C(=O)OC)C(C)C)NCC(N)CS. The van der Waals surface area contributed by atoms with Crippen LogP contribution in [0.5, 0.6) is 0 Å². The summed E-state index contributed by atoms with van der Waals surface area (Å²) in [6.45, 7) is 9.16. The van der Waals surface area contributed by atoms with Gasteiger partial charge in [0.1, 0.15) is 12.1 Å². The summed E-state index contributed by atoms with van der Waals surface area (Å²) in [5, 5.41) is 6.25. The number of methoxy groups -OCH3 is 1. The van der Waals surface area contributed by atoms with Crippen molar-refractivity contribution in [1.82, 2.24) is 10.6 Å². The van der Waals surface area contributed by atoms with Gasteiger partial charge in [-0.3, -0.25) is 4.79 Å². The van der Waals surface area contributed by atoms with Crippen LogP contribution in [0.2, 0.25) is 0 Å². The van der Waals surface area contributed by atoms with Crippen LogP contribution < -0.4 is 16.4 Å². The van der Waals surface area contributed by atoms with Gasteiger partial charge in [-0.25, -0.2) is 4.79 Å². The Kier molecular flexibility index (Phi) is 16.0. The third-order valence-corrected chi connectivity index (χ3v) is 6.05. The lowest BCUT2D eigenvalue weighted by molar-refractivity contribution is -0.148. The van der Waals surface area contributed by atoms with Crippen LogP contribution in [-0.4, -0.2) is 74.1 Å². The maximum atomic E-state index is 12.8. The number of thioether (sulfide) groups is 1. The number of amides is 1. The van der Waals surface area contributed by atoms with E-state index in [1.165, 1.54) is 7.11 Å². The smallest absolute Gasteiger partial charge is 0.328 e. The average Bonchev–Trinajstić information content (AvgIpc) is 2.71. The number of hydrogen-bond acceptors (Lipinski definition) is 8. The molecule has 5 atom stereocenters. The van der Waals surface area contributed by atoms with E-state index in [9.17, 15) is 9.59 Å². The molecule has 0 spiro atoms. The van der Waals surface area contributed by atoms with E-state index >= 15 is 0 Å². The standard InChI is InChI=1S/C20H41N3O4S2/c1-7-14(4)17(22-10-15(21)12-28)11-27-18(13(2)3)19(24)23-16(8-9-29-6)20(25)26-5/h13-18,22,28H,7-12,21H2,1-6H3,(H,23,24)/t14-,15?,16+,17?,18?/m0/s1. The lowest BCUT2D eigenvalue weighted by Gasteiger charge is -2.29. The highest BCUT2D eigenvalue weighted by Crippen LogP contribution is 2.14. The van der Waals surface area contributed by atoms with Crippen molar-refractivity contribution in [3.05, 3.63) is 0 Å². The lowest BCUT2D eigenvalue weighted by atomic mass is 9.99. The van der Waals surface area contributed by atoms with E-state index in [0.717, 1.165) is 12.2 Å². The molecule has 0 radical (unpaired) electrons. The predicted molar refractivity (Wildman–Crippen MR) is 125 cm³/mol. The molecule has 0 bridgehead atoms. The van der Waals surface area contributed by atoms with Crippen molar-refractivity contribution in [3.63, 3.8) is 0 Å². The van der Waals surface area contributed by atoms with Gasteiger partial charge in [-0.15, -0.1) is 0 Å². The summed E-state index contributed by atoms with van der Waals surface area (Å²) in [5.74, 6) is 0.955. The second-order valence-electron chi connectivity index (χ2n) is 7.71. The molecule has 0 aromatic rings. The van der Waals surface area contributed by atoms with Crippen molar-refractivity contribution in [1.29, 1.82) is 0 Å². The zero-order valence-electron chi connectivity index (χ0n) is 18.8. The van der Waals surface area contributed by atoms with Gasteiger partial charge in [0.2, 0.25) is 5.91 Å². The largest absolute Gasteiger partial charge is 0.467 e. The molecule has 0 saturated carbocycles. The fraction of sp³-hybridized carbons (Fsp3) is 0.900. The van der Waals surface area contributed by atoms with Crippen molar-refractivity contribution < 1.29 is 19.1 Å². The van der Waals surface area contributed by atoms with Crippen LogP contribution in [0.25, 0.3) is 0 Å². The summed E-state index contributed by atoms with van der Waals surface area (Å²) < 4.78 is 10.9. The van der Waals surface area contributed by atoms with Crippen LogP contribution in [0, 0.1) is 11.8 Å². The summed E-state index contributed by atoms with van der Waals surface area (Å²) in [5.41, 5.74) is 5.96. The zero-order valence-corrected chi connectivity index (χ0v) is 20.5. The predicted octanol–water partition coefficient (Wildman–Crippen LogP) is 1.70. The number of carbonyl (C=O) groups is 2. The molecular weight excluding hydrogens is 410 g/mol. The van der Waals surface area contributed by atoms with Crippen LogP contribution in [0.15, 0.2) is 0 Å². The van der Waals surface area contributed by atoms with Gasteiger partial charge in [0.15, 0.2) is 0 Å². The number of hydrogen-bond donors (Lipinski definition) is 4. The molecule has 29 heavy (non-hydrogen) atoms. The van der Waals surface area contributed by atoms with Gasteiger partial charge in [-0.1, -0.05) is 34.1 Å². The van der Waals surface area contributed by atoms with E-state index in [4.69, 9.17) is 15.2 Å². The molecule has 0 rings (SSSR count). The monoisotopic (exact) mass is 451 g/mol. The van der Waals surface area contributed by atoms with Crippen molar-refractivity contribution in [2.24, 2.45) is 17.6 Å². The van der Waals surface area contributed by atoms with Gasteiger partial charge in [-0.05, 0) is 30.3 Å². The molecule has 0 aromatic carbocycles. The molecular formula is C20H41N3O4S2. The number of esters is 1. The van der Waals surface area contributed by atoms with Gasteiger partial charge < -0.3 is 25.8 Å². The second-order valence-corrected chi connectivity index (χ2v) is 9.06. The summed E-state index contributed by atoms with van der Waals surface area (Å²) in [4.78, 5) is 24.8. The highest BCUT2D eigenvalue weighted by Gasteiger charge is 2.29. The molecule has 9 heteroatoms. The van der Waals surface area contributed by atoms with Crippen LogP contribution >= 0.6 is 24.4 Å². The Morgan fingerprint density at radius 3 is 2.38 bits per heavy atom. The Hall–Kier alpha value is -0.480. The number of nitrogens with two attached hydrogens (primary N) is 1. The second kappa shape index (κ2) is 16.2. The summed E-state index contributed by atoms with van der Waals surface area (Å²) in [7, 11) is 1.33. The van der Waals surface area contributed by atoms with Crippen LogP contribution in [0.3, 0.4) is 0 Å². The average molecular weight is 452 g/mol. The molecule has 0 aromatic heterocycles. The Morgan fingerprint density at radius 2 is 1.90 bits per heavy atom. The number of thiol groups is 1. The molecule has 0 aliphatic carbocycles. The number of ether oxygens (including phenoxy) is 2. The lowest BCUT2D eigenvalue weighted by Crippen LogP contribution is -2.50. The zero-order chi connectivity index (χ0) is 22.4. The van der Waals surface area contributed by atoms with Gasteiger partial charge in [0.05, 0.1) is 13.7 Å². The first kappa shape index (κ1) is 28.5. The van der Waals surface area contributed by atoms with Gasteiger partial charge >= 0.3 is 5.97 Å². The molecule has 1 amide bonds. The molecule has 0 aliphatic heterocycles. The molecule has 0 aliphatic rings. The highest BCUT2D eigenvalue weighted by atomic mass is 32.2. The van der Waals surface area contributed by atoms with Crippen LogP contribution in [0.4, 0.5) is 0 Å². The van der Waals surface area contributed by atoms with Crippen molar-refractivity contribution in [2.75, 3.05) is 38.0 Å². The first-order valence-electron chi connectivity index (χ1n) is 10.3. The van der Waals surface area contributed by atoms with Crippen LogP contribution in [-0.2, 0) is 19.1 Å². The molecule has 0 heterocycles. The number of nitrogens with one attached hydrogen (secondary N) is 2. The Balaban J connectivity index is 5.02. The quantitative estimate of drug-likeness (QED) is 0.209. The molecule has 3 unspecified atom stereocenters. The van der Waals surface area contributed by atoms with E-state index in [1.807, 2.05) is 20.1 Å². The van der Waals surface area contributed by atoms with E-state index in [2.05, 4.69) is 37.1 Å². The first-order valence-corrected chi connectivity index (χ1v) is 12.3. The fourth-order valence-corrected chi connectivity index (χ4v) is 3.34. The van der Waals surface area contributed by atoms with E-state index in [1.54, 1.807) is 11.8 Å². The fourth-order valence-electron chi connectivity index (χ4n) is 2.74. The highest BCUT2D eigenvalue weighted by molar-refractivity contribution is 7.98. The molecule has 172 valence electrons. The Morgan fingerprint density at radius 1 is 1.24 bits per heavy atom.